The maximum atomic E-state index is 12.0. The van der Waals surface area contributed by atoms with Crippen LogP contribution in [0.15, 0.2) is 24.3 Å². The quantitative estimate of drug-likeness (QED) is 0.831. The van der Waals surface area contributed by atoms with E-state index in [1.54, 1.807) is 12.1 Å². The monoisotopic (exact) mass is 347 g/mol. The van der Waals surface area contributed by atoms with Crippen molar-refractivity contribution in [1.29, 1.82) is 0 Å². The van der Waals surface area contributed by atoms with E-state index in [1.165, 1.54) is 13.8 Å². The number of rotatable bonds is 5. The molecule has 1 amide bonds. The van der Waals surface area contributed by atoms with Gasteiger partial charge in [0.15, 0.2) is 9.84 Å². The second-order valence-corrected chi connectivity index (χ2v) is 8.23. The molecule has 1 rings (SSSR count). The van der Waals surface area contributed by atoms with E-state index in [0.29, 0.717) is 5.69 Å². The van der Waals surface area contributed by atoms with Crippen molar-refractivity contribution in [2.45, 2.75) is 25.0 Å². The zero-order chi connectivity index (χ0) is 14.7. The van der Waals surface area contributed by atoms with Gasteiger partial charge in [0.25, 0.3) is 0 Å². The average Bonchev–Trinajstić information content (AvgIpc) is 2.30. The van der Waals surface area contributed by atoms with Crippen LogP contribution in [0.2, 0.25) is 0 Å². The fourth-order valence-electron chi connectivity index (χ4n) is 1.31. The Morgan fingerprint density at radius 3 is 2.21 bits per heavy atom. The summed E-state index contributed by atoms with van der Waals surface area (Å²) in [4.78, 5) is 12.0. The third-order valence-electron chi connectivity index (χ3n) is 3.07. The van der Waals surface area contributed by atoms with E-state index in [1.807, 2.05) is 12.1 Å². The van der Waals surface area contributed by atoms with Gasteiger partial charge < -0.3 is 5.32 Å². The highest BCUT2D eigenvalue weighted by Crippen LogP contribution is 2.19. The van der Waals surface area contributed by atoms with Gasteiger partial charge in [0.1, 0.15) is 4.75 Å². The van der Waals surface area contributed by atoms with Crippen LogP contribution in [0, 0.1) is 0 Å². The summed E-state index contributed by atoms with van der Waals surface area (Å²) >= 11 is 3.36. The summed E-state index contributed by atoms with van der Waals surface area (Å²) in [6.45, 7) is 2.80. The minimum Gasteiger partial charge on any atom is -0.325 e. The van der Waals surface area contributed by atoms with Crippen LogP contribution < -0.4 is 5.32 Å². The molecule has 0 unspecified atom stereocenters. The number of carbonyl (C=O) groups is 1. The van der Waals surface area contributed by atoms with Crippen molar-refractivity contribution in [3.63, 3.8) is 0 Å². The fourth-order valence-corrected chi connectivity index (χ4v) is 2.16. The number of sulfone groups is 1. The Kier molecular flexibility index (Phi) is 5.15. The molecule has 0 radical (unpaired) electrons. The molecule has 0 saturated carbocycles. The number of aryl methyl sites for hydroxylation is 1. The molecule has 0 aliphatic carbocycles. The number of carbonyl (C=O) groups excluding carboxylic acids is 1. The summed E-state index contributed by atoms with van der Waals surface area (Å²) in [7, 11) is -3.46. The molecule has 1 N–H and O–H groups in total. The Morgan fingerprint density at radius 1 is 1.26 bits per heavy atom. The maximum absolute atomic E-state index is 12.0. The summed E-state index contributed by atoms with van der Waals surface area (Å²) in [5.41, 5.74) is 1.75. The standard InChI is InChI=1S/C13H18BrNO3S/c1-13(2,19(3,17)18)12(16)15-11-6-4-10(5-7-11)8-9-14/h4-7H,8-9H2,1-3H3,(H,15,16). The van der Waals surface area contributed by atoms with E-state index in [9.17, 15) is 13.2 Å². The van der Waals surface area contributed by atoms with Gasteiger partial charge in [-0.25, -0.2) is 8.42 Å². The Morgan fingerprint density at radius 2 is 1.79 bits per heavy atom. The summed E-state index contributed by atoms with van der Waals surface area (Å²) < 4.78 is 21.7. The molecule has 6 heteroatoms. The first kappa shape index (κ1) is 16.2. The predicted molar refractivity (Wildman–Crippen MR) is 81.5 cm³/mol. The molecule has 1 aromatic carbocycles. The molecular formula is C13H18BrNO3S. The first-order chi connectivity index (χ1) is 8.68. The van der Waals surface area contributed by atoms with E-state index in [-0.39, 0.29) is 0 Å². The largest absolute Gasteiger partial charge is 0.325 e. The van der Waals surface area contributed by atoms with E-state index >= 15 is 0 Å². The van der Waals surface area contributed by atoms with Crippen LogP contribution in [-0.4, -0.2) is 30.7 Å². The predicted octanol–water partition coefficient (Wildman–Crippen LogP) is 2.39. The third-order valence-corrected chi connectivity index (χ3v) is 5.50. The lowest BCUT2D eigenvalue weighted by Gasteiger charge is -2.21. The van der Waals surface area contributed by atoms with Gasteiger partial charge in [0.05, 0.1) is 0 Å². The van der Waals surface area contributed by atoms with Gasteiger partial charge in [-0.2, -0.15) is 0 Å². The Labute approximate surface area is 122 Å². The summed E-state index contributed by atoms with van der Waals surface area (Å²) in [5.74, 6) is -0.525. The molecule has 106 valence electrons. The molecule has 0 bridgehead atoms. The maximum Gasteiger partial charge on any atom is 0.245 e. The second kappa shape index (κ2) is 6.05. The van der Waals surface area contributed by atoms with Crippen LogP contribution in [0.3, 0.4) is 0 Å². The molecule has 0 fully saturated rings. The second-order valence-electron chi connectivity index (χ2n) is 4.87. The molecule has 0 aliphatic rings. The first-order valence-electron chi connectivity index (χ1n) is 5.84. The molecule has 0 heterocycles. The van der Waals surface area contributed by atoms with Crippen molar-refractivity contribution >= 4 is 37.4 Å². The van der Waals surface area contributed by atoms with Crippen LogP contribution in [0.1, 0.15) is 19.4 Å². The van der Waals surface area contributed by atoms with Gasteiger partial charge in [-0.1, -0.05) is 28.1 Å². The molecular weight excluding hydrogens is 330 g/mol. The molecule has 0 aliphatic heterocycles. The molecule has 19 heavy (non-hydrogen) atoms. The summed E-state index contributed by atoms with van der Waals surface area (Å²) in [5, 5.41) is 3.50. The Balaban J connectivity index is 2.83. The average molecular weight is 348 g/mol. The van der Waals surface area contributed by atoms with Gasteiger partial charge in [0, 0.05) is 17.3 Å². The van der Waals surface area contributed by atoms with Crippen molar-refractivity contribution in [1.82, 2.24) is 0 Å². The number of benzene rings is 1. The highest BCUT2D eigenvalue weighted by Gasteiger charge is 2.38. The number of nitrogens with one attached hydrogen (secondary N) is 1. The van der Waals surface area contributed by atoms with Crippen molar-refractivity contribution in [3.8, 4) is 0 Å². The molecule has 4 nitrogen and oxygen atoms in total. The number of hydrogen-bond donors (Lipinski definition) is 1. The Hall–Kier alpha value is -0.880. The number of anilines is 1. The van der Waals surface area contributed by atoms with Crippen LogP contribution in [0.25, 0.3) is 0 Å². The summed E-state index contributed by atoms with van der Waals surface area (Å²) in [6.07, 6.45) is 1.97. The molecule has 0 aromatic heterocycles. The number of amides is 1. The minimum absolute atomic E-state index is 0.525. The van der Waals surface area contributed by atoms with Crippen molar-refractivity contribution in [2.75, 3.05) is 16.9 Å². The summed E-state index contributed by atoms with van der Waals surface area (Å²) in [6, 6.07) is 7.36. The van der Waals surface area contributed by atoms with Crippen molar-refractivity contribution in [2.24, 2.45) is 0 Å². The molecule has 1 aromatic rings. The number of halogens is 1. The molecule has 0 spiro atoms. The lowest BCUT2D eigenvalue weighted by molar-refractivity contribution is -0.117. The highest BCUT2D eigenvalue weighted by molar-refractivity contribution is 9.09. The van der Waals surface area contributed by atoms with Gasteiger partial charge >= 0.3 is 0 Å². The topological polar surface area (TPSA) is 63.2 Å². The SMILES string of the molecule is CC(C)(C(=O)Nc1ccc(CCBr)cc1)S(C)(=O)=O. The van der Waals surface area contributed by atoms with Crippen molar-refractivity contribution < 1.29 is 13.2 Å². The van der Waals surface area contributed by atoms with E-state index in [4.69, 9.17) is 0 Å². The van der Waals surface area contributed by atoms with Crippen LogP contribution in [-0.2, 0) is 21.1 Å². The Bertz CT molecular complexity index is 550. The lowest BCUT2D eigenvalue weighted by Crippen LogP contribution is -2.43. The van der Waals surface area contributed by atoms with Gasteiger partial charge in [-0.15, -0.1) is 0 Å². The van der Waals surface area contributed by atoms with E-state index in [2.05, 4.69) is 21.2 Å². The smallest absolute Gasteiger partial charge is 0.245 e. The number of hydrogen-bond acceptors (Lipinski definition) is 3. The highest BCUT2D eigenvalue weighted by atomic mass is 79.9. The number of alkyl halides is 1. The van der Waals surface area contributed by atoms with Gasteiger partial charge in [-0.3, -0.25) is 4.79 Å². The first-order valence-corrected chi connectivity index (χ1v) is 8.85. The molecule has 0 atom stereocenters. The van der Waals surface area contributed by atoms with E-state index < -0.39 is 20.5 Å². The van der Waals surface area contributed by atoms with E-state index in [0.717, 1.165) is 23.6 Å². The van der Waals surface area contributed by atoms with Gasteiger partial charge in [0.2, 0.25) is 5.91 Å². The zero-order valence-corrected chi connectivity index (χ0v) is 13.6. The lowest BCUT2D eigenvalue weighted by atomic mass is 10.1. The van der Waals surface area contributed by atoms with Crippen molar-refractivity contribution in [3.05, 3.63) is 29.8 Å². The third kappa shape index (κ3) is 4.04. The zero-order valence-electron chi connectivity index (χ0n) is 11.2. The molecule has 0 saturated heterocycles. The fraction of sp³-hybridized carbons (Fsp3) is 0.462. The minimum atomic E-state index is -3.46. The van der Waals surface area contributed by atoms with Crippen LogP contribution >= 0.6 is 15.9 Å². The normalized spacial score (nSPS) is 12.2. The van der Waals surface area contributed by atoms with Gasteiger partial charge in [-0.05, 0) is 38.0 Å². The van der Waals surface area contributed by atoms with Crippen LogP contribution in [0.4, 0.5) is 5.69 Å². The van der Waals surface area contributed by atoms with Crippen LogP contribution in [0.5, 0.6) is 0 Å².